The normalized spacial score (nSPS) is 23.9. The predicted octanol–water partition coefficient (Wildman–Crippen LogP) is 3.73. The molecule has 1 N–H and O–H groups in total. The van der Waals surface area contributed by atoms with Crippen LogP contribution in [0.2, 0.25) is 0 Å². The van der Waals surface area contributed by atoms with Crippen LogP contribution in [0, 0.1) is 31.6 Å². The van der Waals surface area contributed by atoms with Crippen LogP contribution in [0.15, 0.2) is 34.9 Å². The van der Waals surface area contributed by atoms with Crippen molar-refractivity contribution in [2.75, 3.05) is 32.7 Å². The Labute approximate surface area is 201 Å². The minimum absolute atomic E-state index is 0.0485. The monoisotopic (exact) mass is 464 g/mol. The van der Waals surface area contributed by atoms with Gasteiger partial charge in [-0.3, -0.25) is 9.59 Å². The third kappa shape index (κ3) is 4.76. The molecular formula is C27H36N4O3. The lowest BCUT2D eigenvalue weighted by atomic mass is 10.0. The van der Waals surface area contributed by atoms with Crippen LogP contribution >= 0.6 is 0 Å². The summed E-state index contributed by atoms with van der Waals surface area (Å²) >= 11 is 0. The maximum atomic E-state index is 13.0. The molecule has 1 saturated carbocycles. The van der Waals surface area contributed by atoms with Gasteiger partial charge in [0.15, 0.2) is 0 Å². The van der Waals surface area contributed by atoms with E-state index in [9.17, 15) is 9.59 Å². The van der Waals surface area contributed by atoms with E-state index in [0.29, 0.717) is 28.9 Å². The standard InChI is InChI=1S/C27H36N4O3/c1-18-25(19(2)34-29-18)27(33)31-16-22-14-30(15-23(22)17-31)13-12-24(20-8-4-3-5-9-20)28-26(32)21-10-6-7-11-21/h3-5,8-9,21-24H,6-7,10-17H2,1-2H3,(H,28,32)/t22-,23?,24?/m0/s1. The lowest BCUT2D eigenvalue weighted by molar-refractivity contribution is -0.125. The van der Waals surface area contributed by atoms with Gasteiger partial charge in [0.2, 0.25) is 5.91 Å². The van der Waals surface area contributed by atoms with Gasteiger partial charge in [0.25, 0.3) is 5.91 Å². The molecule has 5 rings (SSSR count). The zero-order valence-corrected chi connectivity index (χ0v) is 20.3. The smallest absolute Gasteiger partial charge is 0.259 e. The molecule has 2 aromatic rings. The lowest BCUT2D eigenvalue weighted by Gasteiger charge is -2.25. The second-order valence-electron chi connectivity index (χ2n) is 10.4. The van der Waals surface area contributed by atoms with Gasteiger partial charge in [-0.05, 0) is 50.5 Å². The van der Waals surface area contributed by atoms with Crippen molar-refractivity contribution in [1.29, 1.82) is 0 Å². The maximum absolute atomic E-state index is 13.0. The molecule has 2 unspecified atom stereocenters. The van der Waals surface area contributed by atoms with E-state index in [1.54, 1.807) is 6.92 Å². The molecule has 3 atom stereocenters. The summed E-state index contributed by atoms with van der Waals surface area (Å²) < 4.78 is 5.20. The number of carbonyl (C=O) groups excluding carboxylic acids is 2. The van der Waals surface area contributed by atoms with Crippen molar-refractivity contribution in [3.05, 3.63) is 52.9 Å². The van der Waals surface area contributed by atoms with Crippen LogP contribution in [0.5, 0.6) is 0 Å². The number of rotatable bonds is 7. The third-order valence-corrected chi connectivity index (χ3v) is 8.07. The Hall–Kier alpha value is -2.67. The van der Waals surface area contributed by atoms with E-state index < -0.39 is 0 Å². The van der Waals surface area contributed by atoms with E-state index in [1.165, 1.54) is 18.4 Å². The number of nitrogens with one attached hydrogen (secondary N) is 1. The highest BCUT2D eigenvalue weighted by Crippen LogP contribution is 2.33. The largest absolute Gasteiger partial charge is 0.361 e. The minimum atomic E-state index is 0.0485. The Morgan fingerprint density at radius 2 is 1.74 bits per heavy atom. The van der Waals surface area contributed by atoms with Crippen molar-refractivity contribution in [2.24, 2.45) is 17.8 Å². The summed E-state index contributed by atoms with van der Waals surface area (Å²) in [4.78, 5) is 30.4. The van der Waals surface area contributed by atoms with Gasteiger partial charge in [-0.1, -0.05) is 48.3 Å². The van der Waals surface area contributed by atoms with Gasteiger partial charge in [0.05, 0.1) is 11.7 Å². The topological polar surface area (TPSA) is 78.7 Å². The molecule has 3 fully saturated rings. The Balaban J connectivity index is 1.16. The third-order valence-electron chi connectivity index (χ3n) is 8.07. The number of aryl methyl sites for hydroxylation is 2. The Morgan fingerprint density at radius 3 is 2.35 bits per heavy atom. The number of aromatic nitrogens is 1. The summed E-state index contributed by atoms with van der Waals surface area (Å²) in [6, 6.07) is 10.4. The molecule has 2 saturated heterocycles. The SMILES string of the molecule is Cc1noc(C)c1C(=O)N1CC2CN(CCC(NC(=O)C3CCCC3)c3ccccc3)C[C@H]2C1. The molecule has 2 amide bonds. The summed E-state index contributed by atoms with van der Waals surface area (Å²) in [6.45, 7) is 8.20. The number of hydrogen-bond acceptors (Lipinski definition) is 5. The summed E-state index contributed by atoms with van der Waals surface area (Å²) in [5.74, 6) is 2.07. The van der Waals surface area contributed by atoms with Gasteiger partial charge < -0.3 is 19.6 Å². The highest BCUT2D eigenvalue weighted by molar-refractivity contribution is 5.96. The fourth-order valence-electron chi connectivity index (χ4n) is 6.18. The zero-order chi connectivity index (χ0) is 23.7. The molecule has 3 aliphatic rings. The zero-order valence-electron chi connectivity index (χ0n) is 20.3. The number of nitrogens with zero attached hydrogens (tertiary/aromatic N) is 3. The molecule has 7 heteroatoms. The molecule has 1 aromatic carbocycles. The van der Waals surface area contributed by atoms with Gasteiger partial charge >= 0.3 is 0 Å². The van der Waals surface area contributed by atoms with Crippen molar-refractivity contribution >= 4 is 11.8 Å². The Bertz CT molecular complexity index is 981. The first-order chi connectivity index (χ1) is 16.5. The first-order valence-corrected chi connectivity index (χ1v) is 12.8. The first kappa shape index (κ1) is 23.1. The number of carbonyl (C=O) groups is 2. The van der Waals surface area contributed by atoms with Gasteiger partial charge in [0.1, 0.15) is 11.3 Å². The summed E-state index contributed by atoms with van der Waals surface area (Å²) in [5.41, 5.74) is 2.48. The van der Waals surface area contributed by atoms with Crippen molar-refractivity contribution in [3.8, 4) is 0 Å². The van der Waals surface area contributed by atoms with Gasteiger partial charge in [-0.25, -0.2) is 0 Å². The van der Waals surface area contributed by atoms with Crippen LogP contribution in [0.4, 0.5) is 0 Å². The molecule has 0 radical (unpaired) electrons. The first-order valence-electron chi connectivity index (χ1n) is 12.8. The molecule has 2 aliphatic heterocycles. The van der Waals surface area contributed by atoms with E-state index in [4.69, 9.17) is 4.52 Å². The average molecular weight is 465 g/mol. The molecule has 3 heterocycles. The van der Waals surface area contributed by atoms with Gasteiger partial charge in [0, 0.05) is 38.6 Å². The van der Waals surface area contributed by atoms with Gasteiger partial charge in [-0.15, -0.1) is 0 Å². The van der Waals surface area contributed by atoms with Crippen molar-refractivity contribution in [2.45, 2.75) is 52.0 Å². The van der Waals surface area contributed by atoms with Crippen LogP contribution in [0.3, 0.4) is 0 Å². The van der Waals surface area contributed by atoms with E-state index in [-0.39, 0.29) is 23.8 Å². The quantitative estimate of drug-likeness (QED) is 0.676. The van der Waals surface area contributed by atoms with Gasteiger partial charge in [-0.2, -0.15) is 0 Å². The molecular weight excluding hydrogens is 428 g/mol. The number of benzene rings is 1. The van der Waals surface area contributed by atoms with E-state index in [0.717, 1.165) is 52.0 Å². The molecule has 0 bridgehead atoms. The van der Waals surface area contributed by atoms with Crippen molar-refractivity contribution in [3.63, 3.8) is 0 Å². The summed E-state index contributed by atoms with van der Waals surface area (Å²) in [7, 11) is 0. The van der Waals surface area contributed by atoms with Crippen molar-refractivity contribution in [1.82, 2.24) is 20.3 Å². The predicted molar refractivity (Wildman–Crippen MR) is 129 cm³/mol. The highest BCUT2D eigenvalue weighted by atomic mass is 16.5. The fraction of sp³-hybridized carbons (Fsp3) is 0.593. The second-order valence-corrected chi connectivity index (χ2v) is 10.4. The molecule has 1 aliphatic carbocycles. The minimum Gasteiger partial charge on any atom is -0.361 e. The number of fused-ring (bicyclic) bond motifs is 1. The van der Waals surface area contributed by atoms with E-state index in [2.05, 4.69) is 39.6 Å². The molecule has 0 spiro atoms. The van der Waals surface area contributed by atoms with Crippen LogP contribution in [-0.4, -0.2) is 59.5 Å². The highest BCUT2D eigenvalue weighted by Gasteiger charge is 2.42. The molecule has 182 valence electrons. The van der Waals surface area contributed by atoms with Crippen molar-refractivity contribution < 1.29 is 14.1 Å². The molecule has 7 nitrogen and oxygen atoms in total. The number of hydrogen-bond donors (Lipinski definition) is 1. The van der Waals surface area contributed by atoms with Crippen LogP contribution in [0.1, 0.15) is 65.5 Å². The number of amides is 2. The van der Waals surface area contributed by atoms with Crippen LogP contribution < -0.4 is 5.32 Å². The van der Waals surface area contributed by atoms with E-state index in [1.807, 2.05) is 17.9 Å². The average Bonchev–Trinajstić information content (AvgIpc) is 3.61. The molecule has 1 aromatic heterocycles. The summed E-state index contributed by atoms with van der Waals surface area (Å²) in [6.07, 6.45) is 5.28. The van der Waals surface area contributed by atoms with E-state index >= 15 is 0 Å². The maximum Gasteiger partial charge on any atom is 0.259 e. The molecule has 34 heavy (non-hydrogen) atoms. The summed E-state index contributed by atoms with van der Waals surface area (Å²) in [5, 5.41) is 7.31. The fourth-order valence-corrected chi connectivity index (χ4v) is 6.18. The Kier molecular flexibility index (Phi) is 6.73. The van der Waals surface area contributed by atoms with Crippen LogP contribution in [0.25, 0.3) is 0 Å². The Morgan fingerprint density at radius 1 is 1.06 bits per heavy atom. The lowest BCUT2D eigenvalue weighted by Crippen LogP contribution is -2.36. The van der Waals surface area contributed by atoms with Crippen LogP contribution in [-0.2, 0) is 4.79 Å². The number of likely N-dealkylation sites (tertiary alicyclic amines) is 2. The second kappa shape index (κ2) is 9.90.